The van der Waals surface area contributed by atoms with Crippen LogP contribution >= 0.6 is 0 Å². The van der Waals surface area contributed by atoms with Crippen LogP contribution in [0, 0.1) is 0 Å². The van der Waals surface area contributed by atoms with Gasteiger partial charge in [-0.25, -0.2) is 4.98 Å². The van der Waals surface area contributed by atoms with E-state index in [-0.39, 0.29) is 0 Å². The average molecular weight is 139 g/mol. The summed E-state index contributed by atoms with van der Waals surface area (Å²) in [4.78, 5) is 6.64. The zero-order valence-corrected chi connectivity index (χ0v) is 5.94. The lowest BCUT2D eigenvalue weighted by molar-refractivity contribution is 0.407. The molecule has 0 atom stereocenters. The second kappa shape index (κ2) is 2.95. The maximum absolute atomic E-state index is 3.85. The van der Waals surface area contributed by atoms with Crippen LogP contribution in [-0.4, -0.2) is 29.1 Å². The van der Waals surface area contributed by atoms with Gasteiger partial charge in [-0.3, -0.25) is 5.01 Å². The summed E-state index contributed by atoms with van der Waals surface area (Å²) in [6.45, 7) is 0. The van der Waals surface area contributed by atoms with Crippen LogP contribution in [0.15, 0.2) is 22.7 Å². The molecule has 0 aliphatic carbocycles. The SMILES string of the molecule is CN(C)/N=N/c1ncc[nH]1. The first-order chi connectivity index (χ1) is 4.79. The molecule has 5 nitrogen and oxygen atoms in total. The number of nitrogens with zero attached hydrogens (tertiary/aromatic N) is 4. The molecular weight excluding hydrogens is 130 g/mol. The summed E-state index contributed by atoms with van der Waals surface area (Å²) in [6, 6.07) is 0. The van der Waals surface area contributed by atoms with Crippen molar-refractivity contribution in [2.75, 3.05) is 14.1 Å². The van der Waals surface area contributed by atoms with Crippen molar-refractivity contribution in [2.24, 2.45) is 10.3 Å². The zero-order chi connectivity index (χ0) is 7.40. The van der Waals surface area contributed by atoms with Crippen LogP contribution in [-0.2, 0) is 0 Å². The molecule has 1 N–H and O–H groups in total. The third-order valence-corrected chi connectivity index (χ3v) is 0.802. The van der Waals surface area contributed by atoms with Crippen molar-refractivity contribution >= 4 is 5.95 Å². The highest BCUT2D eigenvalue weighted by atomic mass is 15.5. The molecule has 0 aliphatic rings. The number of H-pyrrole nitrogens is 1. The number of hydrogen-bond acceptors (Lipinski definition) is 3. The normalized spacial score (nSPS) is 10.6. The quantitative estimate of drug-likeness (QED) is 0.490. The second-order valence-electron chi connectivity index (χ2n) is 1.95. The summed E-state index contributed by atoms with van der Waals surface area (Å²) >= 11 is 0. The summed E-state index contributed by atoms with van der Waals surface area (Å²) < 4.78 is 0. The first-order valence-electron chi connectivity index (χ1n) is 2.87. The van der Waals surface area contributed by atoms with Crippen molar-refractivity contribution in [1.29, 1.82) is 0 Å². The first kappa shape index (κ1) is 6.73. The van der Waals surface area contributed by atoms with E-state index in [0.717, 1.165) is 0 Å². The molecule has 0 aliphatic heterocycles. The van der Waals surface area contributed by atoms with Gasteiger partial charge >= 0.3 is 0 Å². The van der Waals surface area contributed by atoms with Crippen molar-refractivity contribution in [1.82, 2.24) is 15.0 Å². The lowest BCUT2D eigenvalue weighted by Gasteiger charge is -1.97. The Morgan fingerprint density at radius 3 is 2.90 bits per heavy atom. The number of imidazole rings is 1. The van der Waals surface area contributed by atoms with Crippen LogP contribution in [0.1, 0.15) is 0 Å². The van der Waals surface area contributed by atoms with Gasteiger partial charge in [-0.2, -0.15) is 0 Å². The Morgan fingerprint density at radius 1 is 1.60 bits per heavy atom. The van der Waals surface area contributed by atoms with Crippen molar-refractivity contribution in [3.05, 3.63) is 12.4 Å². The monoisotopic (exact) mass is 139 g/mol. The standard InChI is InChI=1S/C5H9N5/c1-10(2)9-8-5-6-3-4-7-5/h3-4H,1-2H3,(H,6,7)/b9-8+. The molecule has 0 radical (unpaired) electrons. The average Bonchev–Trinajstić information content (AvgIpc) is 2.34. The Balaban J connectivity index is 2.55. The minimum atomic E-state index is 0.522. The fourth-order valence-electron chi connectivity index (χ4n) is 0.443. The number of nitrogens with one attached hydrogen (secondary N) is 1. The summed E-state index contributed by atoms with van der Waals surface area (Å²) in [5, 5.41) is 9.08. The maximum Gasteiger partial charge on any atom is 0.248 e. The lowest BCUT2D eigenvalue weighted by atomic mass is 11.0. The fraction of sp³-hybridized carbons (Fsp3) is 0.400. The molecule has 0 aromatic carbocycles. The molecule has 1 aromatic rings. The van der Waals surface area contributed by atoms with E-state index in [9.17, 15) is 0 Å². The van der Waals surface area contributed by atoms with Gasteiger partial charge in [0.05, 0.1) is 0 Å². The molecule has 5 heteroatoms. The van der Waals surface area contributed by atoms with Gasteiger partial charge in [-0.1, -0.05) is 10.3 Å². The largest absolute Gasteiger partial charge is 0.328 e. The molecule has 1 heterocycles. The van der Waals surface area contributed by atoms with Crippen LogP contribution in [0.3, 0.4) is 0 Å². The predicted molar refractivity (Wildman–Crippen MR) is 36.8 cm³/mol. The Labute approximate surface area is 58.8 Å². The number of rotatable bonds is 2. The van der Waals surface area contributed by atoms with Gasteiger partial charge < -0.3 is 4.98 Å². The minimum Gasteiger partial charge on any atom is -0.328 e. The van der Waals surface area contributed by atoms with Crippen LogP contribution in [0.4, 0.5) is 5.95 Å². The third-order valence-electron chi connectivity index (χ3n) is 0.802. The number of aromatic nitrogens is 2. The summed E-state index contributed by atoms with van der Waals surface area (Å²) in [5.74, 6) is 0.522. The van der Waals surface area contributed by atoms with E-state index < -0.39 is 0 Å². The molecule has 0 amide bonds. The van der Waals surface area contributed by atoms with Gasteiger partial charge in [0, 0.05) is 26.5 Å². The predicted octanol–water partition coefficient (Wildman–Crippen LogP) is 0.970. The highest BCUT2D eigenvalue weighted by molar-refractivity contribution is 5.09. The van der Waals surface area contributed by atoms with E-state index in [1.165, 1.54) is 0 Å². The van der Waals surface area contributed by atoms with Gasteiger partial charge in [0.1, 0.15) is 0 Å². The summed E-state index contributed by atoms with van der Waals surface area (Å²) in [6.07, 6.45) is 3.33. The Hall–Kier alpha value is -1.39. The van der Waals surface area contributed by atoms with Crippen molar-refractivity contribution in [3.63, 3.8) is 0 Å². The second-order valence-corrected chi connectivity index (χ2v) is 1.95. The smallest absolute Gasteiger partial charge is 0.248 e. The van der Waals surface area contributed by atoms with E-state index in [1.807, 2.05) is 0 Å². The van der Waals surface area contributed by atoms with Crippen LogP contribution in [0.25, 0.3) is 0 Å². The van der Waals surface area contributed by atoms with E-state index in [4.69, 9.17) is 0 Å². The number of aromatic amines is 1. The van der Waals surface area contributed by atoms with E-state index in [2.05, 4.69) is 20.3 Å². The molecule has 1 aromatic heterocycles. The van der Waals surface area contributed by atoms with Crippen LogP contribution in [0.2, 0.25) is 0 Å². The molecule has 0 saturated carbocycles. The molecule has 0 saturated heterocycles. The van der Waals surface area contributed by atoms with Gasteiger partial charge in [0.15, 0.2) is 0 Å². The number of hydrogen-bond donors (Lipinski definition) is 1. The summed E-state index contributed by atoms with van der Waals surface area (Å²) in [7, 11) is 3.60. The highest BCUT2D eigenvalue weighted by Gasteiger charge is 1.86. The molecule has 0 unspecified atom stereocenters. The van der Waals surface area contributed by atoms with Crippen LogP contribution < -0.4 is 0 Å². The maximum atomic E-state index is 3.85. The summed E-state index contributed by atoms with van der Waals surface area (Å²) in [5.41, 5.74) is 0. The first-order valence-corrected chi connectivity index (χ1v) is 2.87. The van der Waals surface area contributed by atoms with E-state index in [0.29, 0.717) is 5.95 Å². The lowest BCUT2D eigenvalue weighted by Crippen LogP contribution is -1.98. The molecule has 0 bridgehead atoms. The van der Waals surface area contributed by atoms with Crippen LogP contribution in [0.5, 0.6) is 0 Å². The highest BCUT2D eigenvalue weighted by Crippen LogP contribution is 2.00. The van der Waals surface area contributed by atoms with Crippen molar-refractivity contribution < 1.29 is 0 Å². The zero-order valence-electron chi connectivity index (χ0n) is 5.94. The van der Waals surface area contributed by atoms with Crippen molar-refractivity contribution in [3.8, 4) is 0 Å². The topological polar surface area (TPSA) is 56.6 Å². The molecule has 10 heavy (non-hydrogen) atoms. The van der Waals surface area contributed by atoms with Gasteiger partial charge in [0.25, 0.3) is 0 Å². The molecule has 0 spiro atoms. The van der Waals surface area contributed by atoms with Crippen molar-refractivity contribution in [2.45, 2.75) is 0 Å². The Bertz CT molecular complexity index is 200. The van der Waals surface area contributed by atoms with Gasteiger partial charge in [-0.15, -0.1) is 0 Å². The molecule has 0 fully saturated rings. The Kier molecular flexibility index (Phi) is 1.99. The molecular formula is C5H9N5. The fourth-order valence-corrected chi connectivity index (χ4v) is 0.443. The minimum absolute atomic E-state index is 0.522. The third kappa shape index (κ3) is 1.85. The van der Waals surface area contributed by atoms with Gasteiger partial charge in [0.2, 0.25) is 5.95 Å². The van der Waals surface area contributed by atoms with Gasteiger partial charge in [-0.05, 0) is 0 Å². The van der Waals surface area contributed by atoms with E-state index in [1.54, 1.807) is 31.5 Å². The molecule has 1 rings (SSSR count). The van der Waals surface area contributed by atoms with E-state index >= 15 is 0 Å². The Morgan fingerprint density at radius 2 is 2.40 bits per heavy atom. The molecule has 54 valence electrons.